The number of amides is 1. The van der Waals surface area contributed by atoms with Crippen molar-refractivity contribution < 1.29 is 14.7 Å². The number of nitrogens with one attached hydrogen (secondary N) is 1. The van der Waals surface area contributed by atoms with Gasteiger partial charge in [0, 0.05) is 22.6 Å². The van der Waals surface area contributed by atoms with E-state index in [4.69, 9.17) is 16.7 Å². The van der Waals surface area contributed by atoms with E-state index in [0.717, 1.165) is 28.2 Å². The van der Waals surface area contributed by atoms with E-state index in [1.165, 1.54) is 6.07 Å². The molecular formula is C22H20ClN3O3. The summed E-state index contributed by atoms with van der Waals surface area (Å²) in [6.45, 7) is 3.84. The smallest absolute Gasteiger partial charge is 0.337 e. The molecule has 0 atom stereocenters. The molecule has 0 aliphatic heterocycles. The fourth-order valence-electron chi connectivity index (χ4n) is 3.13. The number of benzene rings is 2. The normalized spacial score (nSPS) is 11.0. The molecule has 0 aliphatic carbocycles. The molecule has 0 unspecified atom stereocenters. The summed E-state index contributed by atoms with van der Waals surface area (Å²) in [4.78, 5) is 23.2. The molecular weight excluding hydrogens is 390 g/mol. The van der Waals surface area contributed by atoms with Crippen molar-refractivity contribution in [2.75, 3.05) is 0 Å². The van der Waals surface area contributed by atoms with Crippen LogP contribution in [-0.2, 0) is 11.2 Å². The number of halogens is 1. The maximum atomic E-state index is 12.0. The maximum absolute atomic E-state index is 12.0. The first-order valence-electron chi connectivity index (χ1n) is 8.95. The van der Waals surface area contributed by atoms with Crippen LogP contribution in [0.15, 0.2) is 59.7 Å². The predicted molar refractivity (Wildman–Crippen MR) is 113 cm³/mol. The van der Waals surface area contributed by atoms with Crippen LogP contribution in [0.3, 0.4) is 0 Å². The molecule has 3 rings (SSSR count). The summed E-state index contributed by atoms with van der Waals surface area (Å²) in [5, 5.41) is 13.4. The van der Waals surface area contributed by atoms with Crippen LogP contribution in [-0.4, -0.2) is 27.8 Å². The standard InChI is InChI=1S/C22H20ClN3O3/c1-14-10-17(13-24-25-21(27)11-16-6-4-3-5-7-16)15(2)26(14)18-8-9-19(22(28)29)20(23)12-18/h3-10,12-13H,11H2,1-2H3,(H,25,27)(H,28,29)/b24-13-. The van der Waals surface area contributed by atoms with E-state index in [1.54, 1.807) is 18.3 Å². The van der Waals surface area contributed by atoms with Crippen molar-refractivity contribution in [2.45, 2.75) is 20.3 Å². The second kappa shape index (κ2) is 8.75. The minimum absolute atomic E-state index is 0.0563. The number of carbonyl (C=O) groups is 2. The third kappa shape index (κ3) is 4.73. The Kier molecular flexibility index (Phi) is 6.14. The van der Waals surface area contributed by atoms with Gasteiger partial charge >= 0.3 is 5.97 Å². The highest BCUT2D eigenvalue weighted by atomic mass is 35.5. The Labute approximate surface area is 173 Å². The molecule has 2 N–H and O–H groups in total. The topological polar surface area (TPSA) is 83.7 Å². The van der Waals surface area contributed by atoms with Crippen molar-refractivity contribution in [3.63, 3.8) is 0 Å². The zero-order chi connectivity index (χ0) is 21.0. The van der Waals surface area contributed by atoms with Gasteiger partial charge < -0.3 is 9.67 Å². The summed E-state index contributed by atoms with van der Waals surface area (Å²) in [5.74, 6) is -1.26. The number of carbonyl (C=O) groups excluding carboxylic acids is 1. The molecule has 0 spiro atoms. The average Bonchev–Trinajstić information content (AvgIpc) is 2.95. The first-order valence-corrected chi connectivity index (χ1v) is 9.32. The van der Waals surface area contributed by atoms with Gasteiger partial charge in [-0.05, 0) is 43.7 Å². The Morgan fingerprint density at radius 2 is 1.86 bits per heavy atom. The molecule has 0 fully saturated rings. The SMILES string of the molecule is Cc1cc(/C=N\NC(=O)Cc2ccccc2)c(C)n1-c1ccc(C(=O)O)c(Cl)c1. The summed E-state index contributed by atoms with van der Waals surface area (Å²) >= 11 is 6.10. The number of aryl methyl sites for hydroxylation is 1. The third-order valence-corrected chi connectivity index (χ3v) is 4.82. The Bertz CT molecular complexity index is 1090. The minimum atomic E-state index is -1.07. The number of aromatic carboxylic acids is 1. The minimum Gasteiger partial charge on any atom is -0.478 e. The second-order valence-corrected chi connectivity index (χ2v) is 6.99. The quantitative estimate of drug-likeness (QED) is 0.474. The summed E-state index contributed by atoms with van der Waals surface area (Å²) in [5.41, 5.74) is 6.92. The highest BCUT2D eigenvalue weighted by molar-refractivity contribution is 6.33. The van der Waals surface area contributed by atoms with Crippen molar-refractivity contribution in [3.05, 3.63) is 87.7 Å². The fraction of sp³-hybridized carbons (Fsp3) is 0.136. The van der Waals surface area contributed by atoms with Gasteiger partial charge in [-0.15, -0.1) is 0 Å². The largest absolute Gasteiger partial charge is 0.478 e. The number of carboxylic acid groups (broad SMARTS) is 1. The van der Waals surface area contributed by atoms with E-state index in [2.05, 4.69) is 10.5 Å². The van der Waals surface area contributed by atoms with Crippen molar-refractivity contribution in [2.24, 2.45) is 5.10 Å². The Hall–Kier alpha value is -3.38. The number of hydrogen-bond donors (Lipinski definition) is 2. The number of aromatic nitrogens is 1. The van der Waals surface area contributed by atoms with E-state index < -0.39 is 5.97 Å². The van der Waals surface area contributed by atoms with Gasteiger partial charge in [0.1, 0.15) is 0 Å². The van der Waals surface area contributed by atoms with Gasteiger partial charge in [0.15, 0.2) is 0 Å². The molecule has 1 aromatic heterocycles. The van der Waals surface area contributed by atoms with Crippen LogP contribution >= 0.6 is 11.6 Å². The third-order valence-electron chi connectivity index (χ3n) is 4.51. The molecule has 0 saturated heterocycles. The highest BCUT2D eigenvalue weighted by Crippen LogP contribution is 2.24. The molecule has 1 heterocycles. The number of hydrogen-bond acceptors (Lipinski definition) is 3. The van der Waals surface area contributed by atoms with Crippen LogP contribution in [0.25, 0.3) is 5.69 Å². The number of carboxylic acids is 1. The van der Waals surface area contributed by atoms with Crippen LogP contribution in [0, 0.1) is 13.8 Å². The zero-order valence-electron chi connectivity index (χ0n) is 16.0. The lowest BCUT2D eigenvalue weighted by molar-refractivity contribution is -0.120. The molecule has 6 nitrogen and oxygen atoms in total. The van der Waals surface area contributed by atoms with Gasteiger partial charge in [0.25, 0.3) is 0 Å². The van der Waals surface area contributed by atoms with Gasteiger partial charge in [0.05, 0.1) is 23.2 Å². The van der Waals surface area contributed by atoms with Crippen molar-refractivity contribution in [1.29, 1.82) is 0 Å². The summed E-state index contributed by atoms with van der Waals surface area (Å²) in [6.07, 6.45) is 1.85. The first kappa shape index (κ1) is 20.4. The number of hydrazone groups is 1. The zero-order valence-corrected chi connectivity index (χ0v) is 16.8. The summed E-state index contributed by atoms with van der Waals surface area (Å²) in [6, 6.07) is 16.2. The van der Waals surface area contributed by atoms with E-state index in [-0.39, 0.29) is 22.9 Å². The van der Waals surface area contributed by atoms with Crippen LogP contribution in [0.2, 0.25) is 5.02 Å². The van der Waals surface area contributed by atoms with Gasteiger partial charge in [-0.1, -0.05) is 41.9 Å². The van der Waals surface area contributed by atoms with Gasteiger partial charge in [-0.25, -0.2) is 10.2 Å². The van der Waals surface area contributed by atoms with Crippen molar-refractivity contribution in [1.82, 2.24) is 9.99 Å². The van der Waals surface area contributed by atoms with Crippen LogP contribution in [0.5, 0.6) is 0 Å². The van der Waals surface area contributed by atoms with Gasteiger partial charge in [-0.2, -0.15) is 5.10 Å². The lowest BCUT2D eigenvalue weighted by Crippen LogP contribution is -2.19. The Balaban J connectivity index is 1.75. The molecule has 29 heavy (non-hydrogen) atoms. The monoisotopic (exact) mass is 409 g/mol. The molecule has 3 aromatic rings. The Morgan fingerprint density at radius 3 is 2.52 bits per heavy atom. The van der Waals surface area contributed by atoms with Gasteiger partial charge in [-0.3, -0.25) is 4.79 Å². The van der Waals surface area contributed by atoms with Crippen molar-refractivity contribution >= 4 is 29.7 Å². The predicted octanol–water partition coefficient (Wildman–Crippen LogP) is 4.14. The molecule has 1 amide bonds. The van der Waals surface area contributed by atoms with E-state index in [0.29, 0.717) is 0 Å². The first-order chi connectivity index (χ1) is 13.9. The summed E-state index contributed by atoms with van der Waals surface area (Å²) in [7, 11) is 0. The molecule has 0 bridgehead atoms. The molecule has 0 aliphatic rings. The second-order valence-electron chi connectivity index (χ2n) is 6.59. The van der Waals surface area contributed by atoms with E-state index in [9.17, 15) is 9.59 Å². The van der Waals surface area contributed by atoms with Crippen molar-refractivity contribution in [3.8, 4) is 5.69 Å². The van der Waals surface area contributed by atoms with Crippen LogP contribution < -0.4 is 5.43 Å². The lowest BCUT2D eigenvalue weighted by Gasteiger charge is -2.11. The number of nitrogens with zero attached hydrogens (tertiary/aromatic N) is 2. The van der Waals surface area contributed by atoms with E-state index >= 15 is 0 Å². The fourth-order valence-corrected chi connectivity index (χ4v) is 3.38. The van der Waals surface area contributed by atoms with Crippen LogP contribution in [0.4, 0.5) is 0 Å². The molecule has 148 valence electrons. The molecule has 0 radical (unpaired) electrons. The Morgan fingerprint density at radius 1 is 1.14 bits per heavy atom. The summed E-state index contributed by atoms with van der Waals surface area (Å²) < 4.78 is 1.95. The van der Waals surface area contributed by atoms with Crippen LogP contribution in [0.1, 0.15) is 32.9 Å². The average molecular weight is 410 g/mol. The lowest BCUT2D eigenvalue weighted by atomic mass is 10.1. The molecule has 2 aromatic carbocycles. The van der Waals surface area contributed by atoms with Gasteiger partial charge in [0.2, 0.25) is 5.91 Å². The molecule has 7 heteroatoms. The molecule has 0 saturated carbocycles. The highest BCUT2D eigenvalue weighted by Gasteiger charge is 2.13. The maximum Gasteiger partial charge on any atom is 0.337 e. The number of rotatable bonds is 6. The van der Waals surface area contributed by atoms with E-state index in [1.807, 2.05) is 54.8 Å².